The summed E-state index contributed by atoms with van der Waals surface area (Å²) in [7, 11) is 0. The lowest BCUT2D eigenvalue weighted by Gasteiger charge is -2.17. The van der Waals surface area contributed by atoms with Gasteiger partial charge in [-0.25, -0.2) is 4.79 Å². The van der Waals surface area contributed by atoms with E-state index >= 15 is 0 Å². The molecule has 0 unspecified atom stereocenters. The van der Waals surface area contributed by atoms with Crippen LogP contribution in [0.15, 0.2) is 30.3 Å². The molecule has 10 heteroatoms. The van der Waals surface area contributed by atoms with E-state index < -0.39 is 36.6 Å². The molecule has 0 bridgehead atoms. The van der Waals surface area contributed by atoms with E-state index in [-0.39, 0.29) is 26.0 Å². The summed E-state index contributed by atoms with van der Waals surface area (Å²) in [5, 5.41) is 12.9. The predicted octanol–water partition coefficient (Wildman–Crippen LogP) is 2.21. The molecule has 26 heavy (non-hydrogen) atoms. The maximum atomic E-state index is 12.0. The maximum Gasteiger partial charge on any atom is 0.471 e. The Balaban J connectivity index is 2.39. The molecule has 1 rings (SSSR count). The van der Waals surface area contributed by atoms with Crippen molar-refractivity contribution in [2.75, 3.05) is 6.54 Å². The van der Waals surface area contributed by atoms with Gasteiger partial charge in [0.1, 0.15) is 6.61 Å². The van der Waals surface area contributed by atoms with E-state index in [1.165, 1.54) is 0 Å². The molecule has 144 valence electrons. The van der Waals surface area contributed by atoms with Crippen LogP contribution in [0.5, 0.6) is 0 Å². The Morgan fingerprint density at radius 1 is 1.15 bits per heavy atom. The topological polar surface area (TPSA) is 105 Å². The summed E-state index contributed by atoms with van der Waals surface area (Å²) >= 11 is 0. The van der Waals surface area contributed by atoms with Gasteiger partial charge in [0.25, 0.3) is 0 Å². The fourth-order valence-electron chi connectivity index (χ4n) is 2.02. The molecule has 0 spiro atoms. The predicted molar refractivity (Wildman–Crippen MR) is 84.1 cm³/mol. The molecule has 0 radical (unpaired) electrons. The third-order valence-electron chi connectivity index (χ3n) is 3.23. The number of alkyl carbamates (subject to hydrolysis) is 1. The third kappa shape index (κ3) is 8.90. The molecule has 0 saturated heterocycles. The van der Waals surface area contributed by atoms with Crippen LogP contribution in [-0.4, -0.2) is 41.8 Å². The molecule has 0 heterocycles. The largest absolute Gasteiger partial charge is 0.481 e. The van der Waals surface area contributed by atoms with Crippen LogP contribution in [0.25, 0.3) is 0 Å². The van der Waals surface area contributed by atoms with Crippen LogP contribution < -0.4 is 10.6 Å². The molecular formula is C16H19F3N2O5. The van der Waals surface area contributed by atoms with Crippen LogP contribution in [0.4, 0.5) is 18.0 Å². The van der Waals surface area contributed by atoms with Crippen LogP contribution in [0.1, 0.15) is 24.8 Å². The summed E-state index contributed by atoms with van der Waals surface area (Å²) in [5.41, 5.74) is 0.743. The monoisotopic (exact) mass is 376 g/mol. The zero-order valence-electron chi connectivity index (χ0n) is 13.7. The van der Waals surface area contributed by atoms with Gasteiger partial charge in [-0.1, -0.05) is 30.3 Å². The van der Waals surface area contributed by atoms with Gasteiger partial charge in [0.2, 0.25) is 0 Å². The molecule has 0 fully saturated rings. The summed E-state index contributed by atoms with van der Waals surface area (Å²) in [6.07, 6.45) is -6.11. The zero-order chi connectivity index (χ0) is 19.6. The fourth-order valence-corrected chi connectivity index (χ4v) is 2.02. The van der Waals surface area contributed by atoms with Crippen molar-refractivity contribution in [3.05, 3.63) is 35.9 Å². The molecular weight excluding hydrogens is 357 g/mol. The molecule has 0 saturated carbocycles. The molecule has 0 aromatic heterocycles. The number of ether oxygens (including phenoxy) is 1. The van der Waals surface area contributed by atoms with E-state index in [9.17, 15) is 27.6 Å². The van der Waals surface area contributed by atoms with E-state index in [0.717, 1.165) is 5.56 Å². The normalized spacial score (nSPS) is 12.1. The second kappa shape index (κ2) is 10.3. The van der Waals surface area contributed by atoms with Gasteiger partial charge in [-0.15, -0.1) is 0 Å². The number of alkyl halides is 3. The number of nitrogens with one attached hydrogen (secondary N) is 2. The number of carboxylic acid groups (broad SMARTS) is 1. The van der Waals surface area contributed by atoms with Crippen molar-refractivity contribution in [1.29, 1.82) is 0 Å². The lowest BCUT2D eigenvalue weighted by atomic mass is 10.1. The lowest BCUT2D eigenvalue weighted by Crippen LogP contribution is -2.39. The number of rotatable bonds is 9. The average molecular weight is 376 g/mol. The van der Waals surface area contributed by atoms with Crippen LogP contribution in [-0.2, 0) is 20.9 Å². The molecule has 1 atom stereocenters. The number of carbonyl (C=O) groups excluding carboxylic acids is 2. The van der Waals surface area contributed by atoms with Crippen LogP contribution in [0.2, 0.25) is 0 Å². The molecule has 1 aromatic rings. The van der Waals surface area contributed by atoms with E-state index in [0.29, 0.717) is 0 Å². The number of amides is 2. The number of hydrogen-bond donors (Lipinski definition) is 3. The minimum atomic E-state index is -4.97. The lowest BCUT2D eigenvalue weighted by molar-refractivity contribution is -0.173. The highest BCUT2D eigenvalue weighted by atomic mass is 19.4. The Morgan fingerprint density at radius 3 is 2.38 bits per heavy atom. The molecule has 7 nitrogen and oxygen atoms in total. The quantitative estimate of drug-likeness (QED) is 0.573. The first-order valence-electron chi connectivity index (χ1n) is 7.72. The molecule has 0 aliphatic rings. The highest BCUT2D eigenvalue weighted by Gasteiger charge is 2.38. The van der Waals surface area contributed by atoms with E-state index in [1.54, 1.807) is 35.6 Å². The van der Waals surface area contributed by atoms with Crippen molar-refractivity contribution in [1.82, 2.24) is 10.6 Å². The summed E-state index contributed by atoms with van der Waals surface area (Å²) in [4.78, 5) is 33.2. The Hall–Kier alpha value is -2.78. The number of aliphatic carboxylic acids is 1. The number of hydrogen-bond acceptors (Lipinski definition) is 4. The first-order chi connectivity index (χ1) is 12.2. The van der Waals surface area contributed by atoms with Crippen LogP contribution in [0, 0.1) is 0 Å². The van der Waals surface area contributed by atoms with Crippen molar-refractivity contribution in [3.8, 4) is 0 Å². The van der Waals surface area contributed by atoms with Crippen molar-refractivity contribution in [2.45, 2.75) is 38.1 Å². The van der Waals surface area contributed by atoms with Crippen LogP contribution >= 0.6 is 0 Å². The summed E-state index contributed by atoms with van der Waals surface area (Å²) in [6, 6.07) is 7.97. The number of halogens is 3. The fraction of sp³-hybridized carbons (Fsp3) is 0.438. The third-order valence-corrected chi connectivity index (χ3v) is 3.23. The minimum absolute atomic E-state index is 0.00585. The maximum absolute atomic E-state index is 12.0. The Labute approximate surface area is 147 Å². The van der Waals surface area contributed by atoms with Crippen LogP contribution in [0.3, 0.4) is 0 Å². The van der Waals surface area contributed by atoms with Gasteiger partial charge in [0.15, 0.2) is 0 Å². The average Bonchev–Trinajstić information content (AvgIpc) is 2.56. The standard InChI is InChI=1S/C16H19F3N2O5/c17-16(18,19)14(24)20-8-4-7-12(9-13(22)23)21-15(25)26-10-11-5-2-1-3-6-11/h1-3,5-6,12H,4,7-10H2,(H,20,24)(H,21,25)(H,22,23)/t12-/m0/s1. The van der Waals surface area contributed by atoms with Gasteiger partial charge in [-0.3, -0.25) is 9.59 Å². The molecule has 3 N–H and O–H groups in total. The smallest absolute Gasteiger partial charge is 0.471 e. The van der Waals surface area contributed by atoms with Gasteiger partial charge in [-0.2, -0.15) is 13.2 Å². The number of benzene rings is 1. The van der Waals surface area contributed by atoms with E-state index in [4.69, 9.17) is 9.84 Å². The first-order valence-corrected chi connectivity index (χ1v) is 7.72. The summed E-state index contributed by atoms with van der Waals surface area (Å²) in [6.45, 7) is -0.302. The van der Waals surface area contributed by atoms with Crippen molar-refractivity contribution in [2.24, 2.45) is 0 Å². The van der Waals surface area contributed by atoms with E-state index in [2.05, 4.69) is 5.32 Å². The SMILES string of the molecule is O=C(O)C[C@H](CCCNC(=O)C(F)(F)F)NC(=O)OCc1ccccc1. The van der Waals surface area contributed by atoms with Crippen molar-refractivity contribution < 1.29 is 37.4 Å². The Morgan fingerprint density at radius 2 is 1.81 bits per heavy atom. The second-order valence-electron chi connectivity index (χ2n) is 5.40. The summed E-state index contributed by atoms with van der Waals surface area (Å²) in [5.74, 6) is -3.25. The number of carboxylic acids is 1. The summed E-state index contributed by atoms with van der Waals surface area (Å²) < 4.78 is 41.1. The van der Waals surface area contributed by atoms with Gasteiger partial charge in [-0.05, 0) is 18.4 Å². The molecule has 0 aliphatic heterocycles. The minimum Gasteiger partial charge on any atom is -0.481 e. The van der Waals surface area contributed by atoms with Gasteiger partial charge >= 0.3 is 24.1 Å². The molecule has 2 amide bonds. The van der Waals surface area contributed by atoms with E-state index in [1.807, 2.05) is 0 Å². The van der Waals surface area contributed by atoms with Crippen molar-refractivity contribution in [3.63, 3.8) is 0 Å². The molecule has 1 aromatic carbocycles. The second-order valence-corrected chi connectivity index (χ2v) is 5.40. The van der Waals surface area contributed by atoms with Gasteiger partial charge in [0.05, 0.1) is 6.42 Å². The highest BCUT2D eigenvalue weighted by Crippen LogP contribution is 2.14. The number of carbonyl (C=O) groups is 3. The Bertz CT molecular complexity index is 608. The Kier molecular flexibility index (Phi) is 8.40. The molecule has 0 aliphatic carbocycles. The highest BCUT2D eigenvalue weighted by molar-refractivity contribution is 5.81. The zero-order valence-corrected chi connectivity index (χ0v) is 13.7. The van der Waals surface area contributed by atoms with Crippen molar-refractivity contribution >= 4 is 18.0 Å². The first kappa shape index (κ1) is 21.3. The van der Waals surface area contributed by atoms with Gasteiger partial charge < -0.3 is 20.5 Å². The van der Waals surface area contributed by atoms with Gasteiger partial charge in [0, 0.05) is 12.6 Å².